The lowest BCUT2D eigenvalue weighted by atomic mass is 9.92. The molecule has 2 heteroatoms. The summed E-state index contributed by atoms with van der Waals surface area (Å²) in [6.45, 7) is 1.52. The molecule has 0 amide bonds. The molecule has 0 aliphatic heterocycles. The summed E-state index contributed by atoms with van der Waals surface area (Å²) in [4.78, 5) is 23.8. The number of fused-ring (bicyclic) bond motifs is 2. The van der Waals surface area contributed by atoms with E-state index in [1.807, 2.05) is 48.5 Å². The van der Waals surface area contributed by atoms with Gasteiger partial charge in [-0.25, -0.2) is 0 Å². The fourth-order valence-corrected chi connectivity index (χ4v) is 2.73. The van der Waals surface area contributed by atoms with E-state index in [9.17, 15) is 9.59 Å². The van der Waals surface area contributed by atoms with Gasteiger partial charge < -0.3 is 4.79 Å². The van der Waals surface area contributed by atoms with Crippen LogP contribution in [0.4, 0.5) is 0 Å². The molecule has 0 heterocycles. The van der Waals surface area contributed by atoms with Crippen LogP contribution in [-0.4, -0.2) is 11.6 Å². The van der Waals surface area contributed by atoms with Gasteiger partial charge in [-0.3, -0.25) is 4.79 Å². The SMILES string of the molecule is CC(=O)CCC(=O)c1c2ccccc2cc2ccccc12. The highest BCUT2D eigenvalue weighted by molar-refractivity contribution is 6.19. The number of hydrogen-bond acceptors (Lipinski definition) is 2. The van der Waals surface area contributed by atoms with Crippen molar-refractivity contribution < 1.29 is 9.59 Å². The first-order valence-corrected chi connectivity index (χ1v) is 7.10. The Morgan fingerprint density at radius 3 is 1.86 bits per heavy atom. The average Bonchev–Trinajstić information content (AvgIpc) is 2.50. The molecule has 21 heavy (non-hydrogen) atoms. The zero-order valence-electron chi connectivity index (χ0n) is 11.9. The van der Waals surface area contributed by atoms with Gasteiger partial charge in [-0.05, 0) is 34.5 Å². The van der Waals surface area contributed by atoms with Crippen LogP contribution in [0, 0.1) is 0 Å². The van der Waals surface area contributed by atoms with Crippen molar-refractivity contribution in [1.29, 1.82) is 0 Å². The third-order valence-corrected chi connectivity index (χ3v) is 3.75. The van der Waals surface area contributed by atoms with Gasteiger partial charge >= 0.3 is 0 Å². The fraction of sp³-hybridized carbons (Fsp3) is 0.158. The standard InChI is InChI=1S/C19H16O2/c1-13(20)10-11-18(21)19-16-8-4-2-6-14(16)12-15-7-3-5-9-17(15)19/h2-9,12H,10-11H2,1H3. The molecule has 104 valence electrons. The van der Waals surface area contributed by atoms with E-state index in [0.717, 1.165) is 27.1 Å². The maximum absolute atomic E-state index is 12.6. The second-order valence-corrected chi connectivity index (χ2v) is 5.32. The summed E-state index contributed by atoms with van der Waals surface area (Å²) in [5.41, 5.74) is 0.741. The molecule has 0 N–H and O–H groups in total. The molecule has 0 saturated heterocycles. The van der Waals surface area contributed by atoms with Crippen LogP contribution in [-0.2, 0) is 4.79 Å². The summed E-state index contributed by atoms with van der Waals surface area (Å²) in [6, 6.07) is 17.9. The molecule has 0 atom stereocenters. The van der Waals surface area contributed by atoms with E-state index in [2.05, 4.69) is 6.07 Å². The van der Waals surface area contributed by atoms with Gasteiger partial charge in [0.2, 0.25) is 0 Å². The topological polar surface area (TPSA) is 34.1 Å². The normalized spacial score (nSPS) is 10.9. The number of carbonyl (C=O) groups is 2. The first-order chi connectivity index (χ1) is 10.2. The molecule has 3 aromatic rings. The zero-order chi connectivity index (χ0) is 14.8. The molecule has 0 saturated carbocycles. The first-order valence-electron chi connectivity index (χ1n) is 7.10. The molecule has 0 radical (unpaired) electrons. The van der Waals surface area contributed by atoms with E-state index >= 15 is 0 Å². The van der Waals surface area contributed by atoms with Gasteiger partial charge in [-0.2, -0.15) is 0 Å². The summed E-state index contributed by atoms with van der Waals surface area (Å²) in [5.74, 6) is 0.0890. The van der Waals surface area contributed by atoms with Gasteiger partial charge in [0, 0.05) is 18.4 Å². The molecular formula is C19H16O2. The Balaban J connectivity index is 2.25. The van der Waals surface area contributed by atoms with Crippen LogP contribution >= 0.6 is 0 Å². The van der Waals surface area contributed by atoms with Crippen molar-refractivity contribution >= 4 is 33.1 Å². The Morgan fingerprint density at radius 1 is 0.810 bits per heavy atom. The van der Waals surface area contributed by atoms with Crippen molar-refractivity contribution in [2.75, 3.05) is 0 Å². The van der Waals surface area contributed by atoms with Gasteiger partial charge in [0.25, 0.3) is 0 Å². The first kappa shape index (κ1) is 13.5. The van der Waals surface area contributed by atoms with E-state index < -0.39 is 0 Å². The second kappa shape index (κ2) is 5.49. The van der Waals surface area contributed by atoms with Crippen molar-refractivity contribution in [2.45, 2.75) is 19.8 Å². The third-order valence-electron chi connectivity index (χ3n) is 3.75. The van der Waals surface area contributed by atoms with Crippen LogP contribution in [0.15, 0.2) is 54.6 Å². The largest absolute Gasteiger partial charge is 0.300 e. The Hall–Kier alpha value is -2.48. The minimum absolute atomic E-state index is 0.0400. The van der Waals surface area contributed by atoms with Crippen molar-refractivity contribution in [3.8, 4) is 0 Å². The van der Waals surface area contributed by atoms with Gasteiger partial charge in [0.15, 0.2) is 5.78 Å². The summed E-state index contributed by atoms with van der Waals surface area (Å²) in [7, 11) is 0. The zero-order valence-corrected chi connectivity index (χ0v) is 11.9. The van der Waals surface area contributed by atoms with Crippen LogP contribution < -0.4 is 0 Å². The number of rotatable bonds is 4. The smallest absolute Gasteiger partial charge is 0.164 e. The third kappa shape index (κ3) is 2.57. The number of carbonyl (C=O) groups excluding carboxylic acids is 2. The fourth-order valence-electron chi connectivity index (χ4n) is 2.73. The molecule has 0 aliphatic carbocycles. The number of Topliss-reactive ketones (excluding diaryl/α,β-unsaturated/α-hetero) is 2. The summed E-state index contributed by atoms with van der Waals surface area (Å²) in [5, 5.41) is 4.04. The molecule has 0 aromatic heterocycles. The monoisotopic (exact) mass is 276 g/mol. The molecule has 0 unspecified atom stereocenters. The average molecular weight is 276 g/mol. The predicted octanol–water partition coefficient (Wildman–Crippen LogP) is 4.54. The lowest BCUT2D eigenvalue weighted by Crippen LogP contribution is -2.04. The van der Waals surface area contributed by atoms with Crippen molar-refractivity contribution in [1.82, 2.24) is 0 Å². The van der Waals surface area contributed by atoms with Crippen LogP contribution in [0.5, 0.6) is 0 Å². The Bertz CT molecular complexity index is 792. The molecule has 0 spiro atoms. The molecular weight excluding hydrogens is 260 g/mol. The van der Waals surface area contributed by atoms with E-state index in [0.29, 0.717) is 6.42 Å². The summed E-state index contributed by atoms with van der Waals surface area (Å²) < 4.78 is 0. The van der Waals surface area contributed by atoms with Crippen LogP contribution in [0.1, 0.15) is 30.1 Å². The molecule has 0 aliphatic rings. The minimum atomic E-state index is 0.0400. The Morgan fingerprint density at radius 2 is 1.33 bits per heavy atom. The van der Waals surface area contributed by atoms with Crippen molar-refractivity contribution in [3.63, 3.8) is 0 Å². The number of ketones is 2. The van der Waals surface area contributed by atoms with E-state index in [-0.39, 0.29) is 18.0 Å². The van der Waals surface area contributed by atoms with Gasteiger partial charge in [-0.1, -0.05) is 48.5 Å². The quantitative estimate of drug-likeness (QED) is 0.517. The van der Waals surface area contributed by atoms with Crippen molar-refractivity contribution in [2.24, 2.45) is 0 Å². The molecule has 3 aromatic carbocycles. The minimum Gasteiger partial charge on any atom is -0.300 e. The lowest BCUT2D eigenvalue weighted by molar-refractivity contribution is -0.116. The molecule has 0 bridgehead atoms. The van der Waals surface area contributed by atoms with Gasteiger partial charge in [-0.15, -0.1) is 0 Å². The van der Waals surface area contributed by atoms with E-state index in [4.69, 9.17) is 0 Å². The van der Waals surface area contributed by atoms with Crippen LogP contribution in [0.2, 0.25) is 0 Å². The van der Waals surface area contributed by atoms with Crippen molar-refractivity contribution in [3.05, 3.63) is 60.2 Å². The lowest BCUT2D eigenvalue weighted by Gasteiger charge is -2.10. The summed E-state index contributed by atoms with van der Waals surface area (Å²) >= 11 is 0. The Kier molecular flexibility index (Phi) is 3.53. The summed E-state index contributed by atoms with van der Waals surface area (Å²) in [6.07, 6.45) is 0.573. The van der Waals surface area contributed by atoms with Crippen LogP contribution in [0.25, 0.3) is 21.5 Å². The predicted molar refractivity (Wildman–Crippen MR) is 85.7 cm³/mol. The van der Waals surface area contributed by atoms with Gasteiger partial charge in [0.1, 0.15) is 5.78 Å². The maximum atomic E-state index is 12.6. The van der Waals surface area contributed by atoms with E-state index in [1.165, 1.54) is 6.92 Å². The van der Waals surface area contributed by atoms with Crippen LogP contribution in [0.3, 0.4) is 0 Å². The second-order valence-electron chi connectivity index (χ2n) is 5.32. The number of benzene rings is 3. The number of hydrogen-bond donors (Lipinski definition) is 0. The highest BCUT2D eigenvalue weighted by Gasteiger charge is 2.15. The van der Waals surface area contributed by atoms with E-state index in [1.54, 1.807) is 0 Å². The molecule has 3 rings (SSSR count). The maximum Gasteiger partial charge on any atom is 0.164 e. The molecule has 2 nitrogen and oxygen atoms in total. The van der Waals surface area contributed by atoms with Gasteiger partial charge in [0.05, 0.1) is 0 Å². The highest BCUT2D eigenvalue weighted by Crippen LogP contribution is 2.29. The highest BCUT2D eigenvalue weighted by atomic mass is 16.1. The Labute approximate surface area is 123 Å². The molecule has 0 fully saturated rings.